The number of benzene rings is 2. The van der Waals surface area contributed by atoms with E-state index in [1.165, 1.54) is 5.56 Å². The Morgan fingerprint density at radius 2 is 1.96 bits per heavy atom. The SMILES string of the molecule is Cc1ccc(OC[C@H](C)NC(=O)c2n[nH]c3ccccc23)cc1. The molecule has 0 saturated carbocycles. The van der Waals surface area contributed by atoms with Gasteiger partial charge in [-0.25, -0.2) is 0 Å². The van der Waals surface area contributed by atoms with Gasteiger partial charge in [-0.2, -0.15) is 5.10 Å². The van der Waals surface area contributed by atoms with Gasteiger partial charge in [0.25, 0.3) is 5.91 Å². The molecule has 2 aromatic carbocycles. The van der Waals surface area contributed by atoms with Crippen LogP contribution in [0.3, 0.4) is 0 Å². The van der Waals surface area contributed by atoms with Gasteiger partial charge in [0.15, 0.2) is 5.69 Å². The first-order valence-corrected chi connectivity index (χ1v) is 7.57. The Morgan fingerprint density at radius 3 is 2.74 bits per heavy atom. The summed E-state index contributed by atoms with van der Waals surface area (Å²) in [6.07, 6.45) is 0. The number of carbonyl (C=O) groups excluding carboxylic acids is 1. The predicted octanol–water partition coefficient (Wildman–Crippen LogP) is 3.07. The second-order valence-corrected chi connectivity index (χ2v) is 5.62. The van der Waals surface area contributed by atoms with Crippen LogP contribution in [0, 0.1) is 6.92 Å². The van der Waals surface area contributed by atoms with E-state index < -0.39 is 0 Å². The van der Waals surface area contributed by atoms with E-state index in [0.29, 0.717) is 12.3 Å². The molecule has 5 heteroatoms. The van der Waals surface area contributed by atoms with Crippen LogP contribution in [0.15, 0.2) is 48.5 Å². The maximum absolute atomic E-state index is 12.3. The number of nitrogens with zero attached hydrogens (tertiary/aromatic N) is 1. The van der Waals surface area contributed by atoms with Gasteiger partial charge in [-0.15, -0.1) is 0 Å². The van der Waals surface area contributed by atoms with Gasteiger partial charge >= 0.3 is 0 Å². The molecule has 3 aromatic rings. The lowest BCUT2D eigenvalue weighted by Gasteiger charge is -2.14. The Bertz CT molecular complexity index is 809. The third-order valence-electron chi connectivity index (χ3n) is 3.58. The summed E-state index contributed by atoms with van der Waals surface area (Å²) in [5.41, 5.74) is 2.44. The molecule has 3 rings (SSSR count). The van der Waals surface area contributed by atoms with E-state index >= 15 is 0 Å². The van der Waals surface area contributed by atoms with E-state index in [0.717, 1.165) is 16.7 Å². The summed E-state index contributed by atoms with van der Waals surface area (Å²) >= 11 is 0. The van der Waals surface area contributed by atoms with Crippen LogP contribution < -0.4 is 10.1 Å². The summed E-state index contributed by atoms with van der Waals surface area (Å²) in [5.74, 6) is 0.587. The number of para-hydroxylation sites is 1. The number of hydrogen-bond donors (Lipinski definition) is 2. The number of rotatable bonds is 5. The topological polar surface area (TPSA) is 67.0 Å². The molecule has 0 spiro atoms. The first-order valence-electron chi connectivity index (χ1n) is 7.57. The molecule has 0 aliphatic rings. The summed E-state index contributed by atoms with van der Waals surface area (Å²) < 4.78 is 5.69. The largest absolute Gasteiger partial charge is 0.491 e. The van der Waals surface area contributed by atoms with Crippen LogP contribution in [-0.2, 0) is 0 Å². The van der Waals surface area contributed by atoms with E-state index in [4.69, 9.17) is 4.74 Å². The lowest BCUT2D eigenvalue weighted by Crippen LogP contribution is -2.37. The number of hydrogen-bond acceptors (Lipinski definition) is 3. The molecule has 0 fully saturated rings. The minimum atomic E-state index is -0.206. The number of carbonyl (C=O) groups is 1. The number of ether oxygens (including phenoxy) is 1. The predicted molar refractivity (Wildman–Crippen MR) is 89.7 cm³/mol. The van der Waals surface area contributed by atoms with Gasteiger partial charge < -0.3 is 10.1 Å². The van der Waals surface area contributed by atoms with E-state index in [1.807, 2.05) is 62.4 Å². The molecule has 1 atom stereocenters. The van der Waals surface area contributed by atoms with Crippen LogP contribution in [0.5, 0.6) is 5.75 Å². The molecular weight excluding hydrogens is 290 g/mol. The van der Waals surface area contributed by atoms with Crippen LogP contribution in [0.2, 0.25) is 0 Å². The Balaban J connectivity index is 1.60. The third kappa shape index (κ3) is 3.51. The molecule has 2 N–H and O–H groups in total. The number of aromatic nitrogens is 2. The number of aryl methyl sites for hydroxylation is 1. The molecule has 0 bridgehead atoms. The Labute approximate surface area is 134 Å². The second-order valence-electron chi connectivity index (χ2n) is 5.62. The number of aromatic amines is 1. The van der Waals surface area contributed by atoms with Gasteiger partial charge in [-0.1, -0.05) is 35.9 Å². The van der Waals surface area contributed by atoms with Crippen molar-refractivity contribution in [2.24, 2.45) is 0 Å². The van der Waals surface area contributed by atoms with Crippen LogP contribution >= 0.6 is 0 Å². The van der Waals surface area contributed by atoms with Crippen molar-refractivity contribution in [2.45, 2.75) is 19.9 Å². The molecule has 0 radical (unpaired) electrons. The van der Waals surface area contributed by atoms with Gasteiger partial charge in [0, 0.05) is 5.39 Å². The fraction of sp³-hybridized carbons (Fsp3) is 0.222. The minimum Gasteiger partial charge on any atom is -0.491 e. The zero-order chi connectivity index (χ0) is 16.2. The van der Waals surface area contributed by atoms with Crippen LogP contribution in [0.4, 0.5) is 0 Å². The smallest absolute Gasteiger partial charge is 0.272 e. The standard InChI is InChI=1S/C18H19N3O2/c1-12-7-9-14(10-8-12)23-11-13(2)19-18(22)17-15-5-3-4-6-16(15)20-21-17/h3-10,13H,11H2,1-2H3,(H,19,22)(H,20,21)/t13-/m0/s1. The Morgan fingerprint density at radius 1 is 1.22 bits per heavy atom. The van der Waals surface area contributed by atoms with Gasteiger partial charge in [-0.3, -0.25) is 9.89 Å². The van der Waals surface area contributed by atoms with E-state index in [-0.39, 0.29) is 11.9 Å². The van der Waals surface area contributed by atoms with Crippen molar-refractivity contribution in [3.8, 4) is 5.75 Å². The first kappa shape index (κ1) is 15.1. The zero-order valence-electron chi connectivity index (χ0n) is 13.2. The zero-order valence-corrected chi connectivity index (χ0v) is 13.2. The van der Waals surface area contributed by atoms with Gasteiger partial charge in [0.05, 0.1) is 11.6 Å². The van der Waals surface area contributed by atoms with Gasteiger partial charge in [0.1, 0.15) is 12.4 Å². The summed E-state index contributed by atoms with van der Waals surface area (Å²) in [4.78, 5) is 12.3. The highest BCUT2D eigenvalue weighted by atomic mass is 16.5. The number of nitrogens with one attached hydrogen (secondary N) is 2. The summed E-state index contributed by atoms with van der Waals surface area (Å²) in [5, 5.41) is 10.7. The first-order chi connectivity index (χ1) is 11.1. The Hall–Kier alpha value is -2.82. The van der Waals surface area contributed by atoms with E-state index in [2.05, 4.69) is 15.5 Å². The van der Waals surface area contributed by atoms with Crippen LogP contribution in [0.25, 0.3) is 10.9 Å². The molecular formula is C18H19N3O2. The average Bonchev–Trinajstić information content (AvgIpc) is 2.98. The molecule has 0 aliphatic heterocycles. The quantitative estimate of drug-likeness (QED) is 0.761. The minimum absolute atomic E-state index is 0.126. The lowest BCUT2D eigenvalue weighted by atomic mass is 10.2. The fourth-order valence-electron chi connectivity index (χ4n) is 2.33. The fourth-order valence-corrected chi connectivity index (χ4v) is 2.33. The molecule has 1 aromatic heterocycles. The molecule has 1 heterocycles. The maximum Gasteiger partial charge on any atom is 0.272 e. The van der Waals surface area contributed by atoms with Crippen molar-refractivity contribution in [2.75, 3.05) is 6.61 Å². The summed E-state index contributed by atoms with van der Waals surface area (Å²) in [6, 6.07) is 15.3. The molecule has 0 saturated heterocycles. The normalized spacial score (nSPS) is 12.1. The van der Waals surface area contributed by atoms with Crippen molar-refractivity contribution in [1.29, 1.82) is 0 Å². The van der Waals surface area contributed by atoms with Crippen molar-refractivity contribution in [1.82, 2.24) is 15.5 Å². The van der Waals surface area contributed by atoms with Crippen LogP contribution in [-0.4, -0.2) is 28.8 Å². The summed E-state index contributed by atoms with van der Waals surface area (Å²) in [7, 11) is 0. The summed E-state index contributed by atoms with van der Waals surface area (Å²) in [6.45, 7) is 4.33. The molecule has 23 heavy (non-hydrogen) atoms. The molecule has 118 valence electrons. The van der Waals surface area contributed by atoms with Gasteiger partial charge in [0.2, 0.25) is 0 Å². The van der Waals surface area contributed by atoms with Crippen molar-refractivity contribution in [3.05, 3.63) is 59.8 Å². The monoisotopic (exact) mass is 309 g/mol. The van der Waals surface area contributed by atoms with E-state index in [1.54, 1.807) is 0 Å². The highest BCUT2D eigenvalue weighted by Gasteiger charge is 2.16. The van der Waals surface area contributed by atoms with Crippen molar-refractivity contribution in [3.63, 3.8) is 0 Å². The maximum atomic E-state index is 12.3. The Kier molecular flexibility index (Phi) is 4.28. The second kappa shape index (κ2) is 6.52. The third-order valence-corrected chi connectivity index (χ3v) is 3.58. The number of amides is 1. The highest BCUT2D eigenvalue weighted by molar-refractivity contribution is 6.04. The molecule has 5 nitrogen and oxygen atoms in total. The lowest BCUT2D eigenvalue weighted by molar-refractivity contribution is 0.0923. The number of H-pyrrole nitrogens is 1. The van der Waals surface area contributed by atoms with Crippen LogP contribution in [0.1, 0.15) is 23.0 Å². The highest BCUT2D eigenvalue weighted by Crippen LogP contribution is 2.15. The van der Waals surface area contributed by atoms with E-state index in [9.17, 15) is 4.79 Å². The number of fused-ring (bicyclic) bond motifs is 1. The molecule has 0 aliphatic carbocycles. The molecule has 1 amide bonds. The van der Waals surface area contributed by atoms with Crippen molar-refractivity contribution >= 4 is 16.8 Å². The molecule has 0 unspecified atom stereocenters. The van der Waals surface area contributed by atoms with Gasteiger partial charge in [-0.05, 0) is 32.0 Å². The van der Waals surface area contributed by atoms with Crippen molar-refractivity contribution < 1.29 is 9.53 Å². The average molecular weight is 309 g/mol.